The molecule has 1 N–H and O–H groups in total. The first-order valence-electron chi connectivity index (χ1n) is 6.41. The van der Waals surface area contributed by atoms with Gasteiger partial charge in [0.25, 0.3) is 5.91 Å². The zero-order valence-corrected chi connectivity index (χ0v) is 14.1. The average molecular weight is 368 g/mol. The molecular formula is C16H15BrFNOS. The van der Waals surface area contributed by atoms with Crippen LogP contribution in [0.4, 0.5) is 4.39 Å². The van der Waals surface area contributed by atoms with E-state index in [9.17, 15) is 9.18 Å². The second-order valence-electron chi connectivity index (χ2n) is 4.60. The highest BCUT2D eigenvalue weighted by atomic mass is 79.9. The van der Waals surface area contributed by atoms with E-state index >= 15 is 0 Å². The molecule has 5 heteroatoms. The summed E-state index contributed by atoms with van der Waals surface area (Å²) in [5, 5.41) is 2.87. The Labute approximate surface area is 136 Å². The predicted molar refractivity (Wildman–Crippen MR) is 88.2 cm³/mol. The summed E-state index contributed by atoms with van der Waals surface area (Å²) in [5.41, 5.74) is 1.32. The second kappa shape index (κ2) is 7.09. The van der Waals surface area contributed by atoms with Gasteiger partial charge in [0, 0.05) is 10.5 Å². The Kier molecular flexibility index (Phi) is 5.42. The lowest BCUT2D eigenvalue weighted by Gasteiger charge is -2.15. The van der Waals surface area contributed by atoms with Crippen LogP contribution in [0.1, 0.15) is 28.9 Å². The molecular weight excluding hydrogens is 353 g/mol. The lowest BCUT2D eigenvalue weighted by molar-refractivity contribution is 0.0939. The molecule has 2 rings (SSSR count). The molecule has 1 amide bonds. The van der Waals surface area contributed by atoms with Crippen molar-refractivity contribution in [3.05, 3.63) is 63.9 Å². The van der Waals surface area contributed by atoms with Gasteiger partial charge in [-0.15, -0.1) is 11.8 Å². The standard InChI is InChI=1S/C16H15BrFNOS/c1-10(11-3-6-13(21-2)7-4-11)19-16(20)12-5-8-14(17)15(18)9-12/h3-10H,1-2H3,(H,19,20). The highest BCUT2D eigenvalue weighted by Crippen LogP contribution is 2.20. The van der Waals surface area contributed by atoms with E-state index in [2.05, 4.69) is 21.2 Å². The number of halogens is 2. The van der Waals surface area contributed by atoms with Crippen LogP contribution in [-0.2, 0) is 0 Å². The maximum Gasteiger partial charge on any atom is 0.251 e. The number of thioether (sulfide) groups is 1. The molecule has 0 aliphatic rings. The Morgan fingerprint density at radius 2 is 1.90 bits per heavy atom. The van der Waals surface area contributed by atoms with Crippen LogP contribution in [0.3, 0.4) is 0 Å². The van der Waals surface area contributed by atoms with E-state index in [4.69, 9.17) is 0 Å². The Bertz CT molecular complexity index is 645. The van der Waals surface area contributed by atoms with Crippen molar-refractivity contribution in [3.8, 4) is 0 Å². The molecule has 1 atom stereocenters. The first kappa shape index (κ1) is 16.0. The van der Waals surface area contributed by atoms with Gasteiger partial charge in [-0.05, 0) is 65.0 Å². The van der Waals surface area contributed by atoms with Crippen molar-refractivity contribution in [2.75, 3.05) is 6.26 Å². The summed E-state index contributed by atoms with van der Waals surface area (Å²) in [6, 6.07) is 12.2. The van der Waals surface area contributed by atoms with E-state index < -0.39 is 5.82 Å². The lowest BCUT2D eigenvalue weighted by Crippen LogP contribution is -2.26. The molecule has 0 spiro atoms. The summed E-state index contributed by atoms with van der Waals surface area (Å²) in [7, 11) is 0. The van der Waals surface area contributed by atoms with Gasteiger partial charge in [-0.2, -0.15) is 0 Å². The fourth-order valence-corrected chi connectivity index (χ4v) is 2.55. The minimum absolute atomic E-state index is 0.139. The third-order valence-electron chi connectivity index (χ3n) is 3.15. The fourth-order valence-electron chi connectivity index (χ4n) is 1.89. The number of nitrogens with one attached hydrogen (secondary N) is 1. The summed E-state index contributed by atoms with van der Waals surface area (Å²) in [4.78, 5) is 13.3. The molecule has 0 saturated heterocycles. The number of carbonyl (C=O) groups is 1. The van der Waals surface area contributed by atoms with Crippen molar-refractivity contribution in [3.63, 3.8) is 0 Å². The third-order valence-corrected chi connectivity index (χ3v) is 4.53. The minimum atomic E-state index is -0.445. The number of benzene rings is 2. The van der Waals surface area contributed by atoms with Gasteiger partial charge in [-0.25, -0.2) is 4.39 Å². The molecule has 0 aliphatic carbocycles. The van der Waals surface area contributed by atoms with Gasteiger partial charge in [-0.3, -0.25) is 4.79 Å². The summed E-state index contributed by atoms with van der Waals surface area (Å²) >= 11 is 4.74. The van der Waals surface area contributed by atoms with Gasteiger partial charge in [0.1, 0.15) is 5.82 Å². The van der Waals surface area contributed by atoms with Gasteiger partial charge in [0.2, 0.25) is 0 Å². The van der Waals surface area contributed by atoms with Crippen molar-refractivity contribution >= 4 is 33.6 Å². The van der Waals surface area contributed by atoms with E-state index in [0.29, 0.717) is 10.0 Å². The topological polar surface area (TPSA) is 29.1 Å². The highest BCUT2D eigenvalue weighted by molar-refractivity contribution is 9.10. The van der Waals surface area contributed by atoms with Crippen LogP contribution in [0, 0.1) is 5.82 Å². The van der Waals surface area contributed by atoms with Crippen LogP contribution in [0.5, 0.6) is 0 Å². The summed E-state index contributed by atoms with van der Waals surface area (Å²) < 4.78 is 13.8. The molecule has 0 aliphatic heterocycles. The summed E-state index contributed by atoms with van der Waals surface area (Å²) in [5.74, 6) is -0.734. The molecule has 110 valence electrons. The first-order chi connectivity index (χ1) is 10.0. The molecule has 2 nitrogen and oxygen atoms in total. The minimum Gasteiger partial charge on any atom is -0.346 e. The maximum atomic E-state index is 13.5. The second-order valence-corrected chi connectivity index (χ2v) is 6.33. The number of carbonyl (C=O) groups excluding carboxylic acids is 1. The monoisotopic (exact) mass is 367 g/mol. The molecule has 0 saturated carbocycles. The van der Waals surface area contributed by atoms with Crippen molar-refractivity contribution in [1.82, 2.24) is 5.32 Å². The van der Waals surface area contributed by atoms with E-state index in [1.807, 2.05) is 37.4 Å². The van der Waals surface area contributed by atoms with Gasteiger partial charge in [-0.1, -0.05) is 12.1 Å². The van der Waals surface area contributed by atoms with Gasteiger partial charge < -0.3 is 5.32 Å². The zero-order chi connectivity index (χ0) is 15.4. The smallest absolute Gasteiger partial charge is 0.251 e. The summed E-state index contributed by atoms with van der Waals surface area (Å²) in [6.07, 6.45) is 2.02. The van der Waals surface area contributed by atoms with Crippen LogP contribution < -0.4 is 5.32 Å². The number of hydrogen-bond donors (Lipinski definition) is 1. The number of rotatable bonds is 4. The van der Waals surface area contributed by atoms with E-state index in [0.717, 1.165) is 5.56 Å². The van der Waals surface area contributed by atoms with E-state index in [1.54, 1.807) is 17.8 Å². The van der Waals surface area contributed by atoms with Crippen molar-refractivity contribution in [2.45, 2.75) is 17.9 Å². The fraction of sp³-hybridized carbons (Fsp3) is 0.188. The Morgan fingerprint density at radius 3 is 2.48 bits per heavy atom. The van der Waals surface area contributed by atoms with Crippen molar-refractivity contribution in [1.29, 1.82) is 0 Å². The van der Waals surface area contributed by atoms with E-state index in [-0.39, 0.29) is 11.9 Å². The van der Waals surface area contributed by atoms with Gasteiger partial charge >= 0.3 is 0 Å². The number of amides is 1. The van der Waals surface area contributed by atoms with Crippen molar-refractivity contribution < 1.29 is 9.18 Å². The molecule has 0 aromatic heterocycles. The molecule has 0 fully saturated rings. The zero-order valence-electron chi connectivity index (χ0n) is 11.7. The van der Waals surface area contributed by atoms with E-state index in [1.165, 1.54) is 17.0 Å². The van der Waals surface area contributed by atoms with Crippen LogP contribution in [0.25, 0.3) is 0 Å². The average Bonchev–Trinajstić information content (AvgIpc) is 2.50. The lowest BCUT2D eigenvalue weighted by atomic mass is 10.1. The molecule has 2 aromatic rings. The largest absolute Gasteiger partial charge is 0.346 e. The molecule has 0 radical (unpaired) electrons. The first-order valence-corrected chi connectivity index (χ1v) is 8.43. The Balaban J connectivity index is 2.08. The quantitative estimate of drug-likeness (QED) is 0.786. The molecule has 0 heterocycles. The molecule has 0 bridgehead atoms. The van der Waals surface area contributed by atoms with Crippen LogP contribution in [-0.4, -0.2) is 12.2 Å². The van der Waals surface area contributed by atoms with Gasteiger partial charge in [0.05, 0.1) is 10.5 Å². The van der Waals surface area contributed by atoms with Crippen LogP contribution in [0.15, 0.2) is 51.8 Å². The maximum absolute atomic E-state index is 13.5. The molecule has 21 heavy (non-hydrogen) atoms. The highest BCUT2D eigenvalue weighted by Gasteiger charge is 2.13. The molecule has 1 unspecified atom stereocenters. The van der Waals surface area contributed by atoms with Crippen molar-refractivity contribution in [2.24, 2.45) is 0 Å². The Morgan fingerprint density at radius 1 is 1.24 bits per heavy atom. The van der Waals surface area contributed by atoms with Gasteiger partial charge in [0.15, 0.2) is 0 Å². The third kappa shape index (κ3) is 4.08. The molecule has 2 aromatic carbocycles. The van der Waals surface area contributed by atoms with Crippen LogP contribution in [0.2, 0.25) is 0 Å². The van der Waals surface area contributed by atoms with Crippen LogP contribution >= 0.6 is 27.7 Å². The normalized spacial score (nSPS) is 12.0. The Hall–Kier alpha value is -1.33. The number of hydrogen-bond acceptors (Lipinski definition) is 2. The predicted octanol–water partition coefficient (Wildman–Crippen LogP) is 4.80. The summed E-state index contributed by atoms with van der Waals surface area (Å²) in [6.45, 7) is 1.90. The SMILES string of the molecule is CSc1ccc(C(C)NC(=O)c2ccc(Br)c(F)c2)cc1.